The lowest BCUT2D eigenvalue weighted by Gasteiger charge is -2.29. The molecule has 1 fully saturated rings. The van der Waals surface area contributed by atoms with Crippen LogP contribution >= 0.6 is 0 Å². The highest BCUT2D eigenvalue weighted by Gasteiger charge is 2.39. The fourth-order valence-corrected chi connectivity index (χ4v) is 3.72. The van der Waals surface area contributed by atoms with Crippen molar-refractivity contribution in [2.45, 2.75) is 90.4 Å². The molecule has 0 radical (unpaired) electrons. The van der Waals surface area contributed by atoms with Crippen molar-refractivity contribution in [1.29, 1.82) is 0 Å². The first-order chi connectivity index (χ1) is 12.7. The number of hydrogen-bond acceptors (Lipinski definition) is 4. The molecule has 1 aliphatic rings. The van der Waals surface area contributed by atoms with Crippen LogP contribution in [0.15, 0.2) is 24.3 Å². The second-order valence-electron chi connectivity index (χ2n) is 8.53. The second kappa shape index (κ2) is 11.6. The molecule has 5 nitrogen and oxygen atoms in total. The molecular formula is C22H38O5. The van der Waals surface area contributed by atoms with Gasteiger partial charge in [0.05, 0.1) is 18.3 Å². The van der Waals surface area contributed by atoms with E-state index in [0.717, 1.165) is 19.3 Å². The van der Waals surface area contributed by atoms with E-state index in [9.17, 15) is 20.1 Å². The summed E-state index contributed by atoms with van der Waals surface area (Å²) in [7, 11) is 0. The second-order valence-corrected chi connectivity index (χ2v) is 8.53. The Hall–Kier alpha value is -1.17. The summed E-state index contributed by atoms with van der Waals surface area (Å²) in [4.78, 5) is 10.5. The smallest absolute Gasteiger partial charge is 0.303 e. The highest BCUT2D eigenvalue weighted by molar-refractivity contribution is 5.66. The molecule has 0 saturated heterocycles. The normalized spacial score (nSPS) is 27.6. The lowest BCUT2D eigenvalue weighted by molar-refractivity contribution is -0.137. The predicted molar refractivity (Wildman–Crippen MR) is 107 cm³/mol. The Morgan fingerprint density at radius 2 is 1.89 bits per heavy atom. The first kappa shape index (κ1) is 23.9. The summed E-state index contributed by atoms with van der Waals surface area (Å²) in [6.07, 6.45) is 11.4. The molecule has 27 heavy (non-hydrogen) atoms. The van der Waals surface area contributed by atoms with Crippen LogP contribution < -0.4 is 0 Å². The van der Waals surface area contributed by atoms with Crippen LogP contribution in [-0.4, -0.2) is 44.7 Å². The van der Waals surface area contributed by atoms with Crippen molar-refractivity contribution in [3.8, 4) is 0 Å². The van der Waals surface area contributed by atoms with Crippen molar-refractivity contribution in [1.82, 2.24) is 0 Å². The highest BCUT2D eigenvalue weighted by atomic mass is 16.4. The molecule has 0 spiro atoms. The minimum atomic E-state index is -0.789. The molecular weight excluding hydrogens is 344 g/mol. The molecule has 0 aromatic rings. The summed E-state index contributed by atoms with van der Waals surface area (Å²) in [5, 5.41) is 39.7. The van der Waals surface area contributed by atoms with Gasteiger partial charge in [-0.05, 0) is 37.0 Å². The fraction of sp³-hybridized carbons (Fsp3) is 0.773. The molecule has 156 valence electrons. The van der Waals surface area contributed by atoms with Crippen LogP contribution in [0.25, 0.3) is 0 Å². The van der Waals surface area contributed by atoms with E-state index in [1.54, 1.807) is 6.08 Å². The number of unbranched alkanes of at least 4 members (excludes halogenated alkanes) is 2. The van der Waals surface area contributed by atoms with Gasteiger partial charge in [-0.1, -0.05) is 57.9 Å². The van der Waals surface area contributed by atoms with E-state index in [1.165, 1.54) is 0 Å². The fourth-order valence-electron chi connectivity index (χ4n) is 3.72. The molecule has 0 bridgehead atoms. The third-order valence-corrected chi connectivity index (χ3v) is 5.74. The lowest BCUT2D eigenvalue weighted by atomic mass is 9.80. The van der Waals surface area contributed by atoms with E-state index in [2.05, 4.69) is 20.8 Å². The number of aliphatic hydroxyl groups is 3. The van der Waals surface area contributed by atoms with Crippen LogP contribution in [0.5, 0.6) is 0 Å². The van der Waals surface area contributed by atoms with E-state index >= 15 is 0 Å². The van der Waals surface area contributed by atoms with Gasteiger partial charge < -0.3 is 20.4 Å². The van der Waals surface area contributed by atoms with E-state index < -0.39 is 24.3 Å². The van der Waals surface area contributed by atoms with Gasteiger partial charge in [0.2, 0.25) is 0 Å². The van der Waals surface area contributed by atoms with Crippen LogP contribution in [0.4, 0.5) is 0 Å². The first-order valence-corrected chi connectivity index (χ1v) is 10.3. The van der Waals surface area contributed by atoms with Gasteiger partial charge in [0, 0.05) is 18.8 Å². The molecule has 0 unspecified atom stereocenters. The van der Waals surface area contributed by atoms with Crippen molar-refractivity contribution in [3.63, 3.8) is 0 Å². The van der Waals surface area contributed by atoms with Crippen molar-refractivity contribution < 1.29 is 25.2 Å². The Morgan fingerprint density at radius 1 is 1.19 bits per heavy atom. The summed E-state index contributed by atoms with van der Waals surface area (Å²) in [6, 6.07) is 0. The van der Waals surface area contributed by atoms with Crippen molar-refractivity contribution in [2.24, 2.45) is 17.3 Å². The molecule has 1 rings (SSSR count). The summed E-state index contributed by atoms with van der Waals surface area (Å²) >= 11 is 0. The van der Waals surface area contributed by atoms with Crippen LogP contribution in [0.3, 0.4) is 0 Å². The summed E-state index contributed by atoms with van der Waals surface area (Å²) in [5.74, 6) is -1.05. The van der Waals surface area contributed by atoms with Gasteiger partial charge in [0.1, 0.15) is 0 Å². The molecule has 0 heterocycles. The maximum atomic E-state index is 10.5. The monoisotopic (exact) mass is 382 g/mol. The molecule has 5 atom stereocenters. The number of rotatable bonds is 12. The Bertz CT molecular complexity index is 497. The van der Waals surface area contributed by atoms with Gasteiger partial charge in [-0.25, -0.2) is 0 Å². The van der Waals surface area contributed by atoms with Crippen LogP contribution in [0, 0.1) is 17.3 Å². The number of carboxylic acid groups (broad SMARTS) is 1. The number of carbonyl (C=O) groups is 1. The maximum Gasteiger partial charge on any atom is 0.303 e. The van der Waals surface area contributed by atoms with Crippen molar-refractivity contribution in [2.75, 3.05) is 0 Å². The molecule has 0 aliphatic heterocycles. The van der Waals surface area contributed by atoms with E-state index in [4.69, 9.17) is 5.11 Å². The largest absolute Gasteiger partial charge is 0.481 e. The van der Waals surface area contributed by atoms with Gasteiger partial charge in [-0.15, -0.1) is 0 Å². The van der Waals surface area contributed by atoms with E-state index in [1.807, 2.05) is 18.2 Å². The third-order valence-electron chi connectivity index (χ3n) is 5.74. The number of hydrogen-bond donors (Lipinski definition) is 4. The zero-order valence-electron chi connectivity index (χ0n) is 17.1. The van der Waals surface area contributed by atoms with Crippen molar-refractivity contribution in [3.05, 3.63) is 24.3 Å². The SMILES string of the molecule is CCCCC(C)(C)[C@H](O)/C=C\[C@@H]1[C@@H](C/C=C\CCCC(=O)O)[C@@H](O)C[C@H]1O. The Balaban J connectivity index is 2.62. The number of aliphatic hydroxyl groups excluding tert-OH is 3. The van der Waals surface area contributed by atoms with Crippen LogP contribution in [0.1, 0.15) is 72.1 Å². The summed E-state index contributed by atoms with van der Waals surface area (Å²) < 4.78 is 0. The minimum Gasteiger partial charge on any atom is -0.481 e. The number of carboxylic acids is 1. The Labute approximate surface area is 163 Å². The molecule has 4 N–H and O–H groups in total. The maximum absolute atomic E-state index is 10.5. The Kier molecular flexibility index (Phi) is 10.3. The molecule has 1 saturated carbocycles. The molecule has 0 aromatic heterocycles. The topological polar surface area (TPSA) is 98.0 Å². The van der Waals surface area contributed by atoms with Crippen LogP contribution in [0.2, 0.25) is 0 Å². The molecule has 5 heteroatoms. The quantitative estimate of drug-likeness (QED) is 0.305. The Morgan fingerprint density at radius 3 is 2.52 bits per heavy atom. The molecule has 1 aliphatic carbocycles. The van der Waals surface area contributed by atoms with Crippen LogP contribution in [-0.2, 0) is 4.79 Å². The standard InChI is InChI=1S/C22H38O5/c1-4-5-14-22(2,3)20(25)13-12-17-16(18(23)15-19(17)24)10-8-6-7-9-11-21(26)27/h6,8,12-13,16-20,23-25H,4-5,7,9-11,14-15H2,1-3H3,(H,26,27)/b8-6-,13-12-/t16-,17-,18+,19-,20-/m1/s1. The van der Waals surface area contributed by atoms with Gasteiger partial charge in [-0.3, -0.25) is 4.79 Å². The van der Waals surface area contributed by atoms with Gasteiger partial charge >= 0.3 is 5.97 Å². The highest BCUT2D eigenvalue weighted by Crippen LogP contribution is 2.37. The average Bonchev–Trinajstić information content (AvgIpc) is 2.86. The van der Waals surface area contributed by atoms with Gasteiger partial charge in [-0.2, -0.15) is 0 Å². The number of allylic oxidation sites excluding steroid dienone is 2. The zero-order valence-corrected chi connectivity index (χ0v) is 17.1. The number of aliphatic carboxylic acids is 1. The average molecular weight is 383 g/mol. The summed E-state index contributed by atoms with van der Waals surface area (Å²) in [5.41, 5.74) is -0.214. The van der Waals surface area contributed by atoms with Gasteiger partial charge in [0.25, 0.3) is 0 Å². The molecule has 0 amide bonds. The minimum absolute atomic E-state index is 0.0853. The first-order valence-electron chi connectivity index (χ1n) is 10.3. The van der Waals surface area contributed by atoms with Crippen molar-refractivity contribution >= 4 is 5.97 Å². The third kappa shape index (κ3) is 8.16. The van der Waals surface area contributed by atoms with E-state index in [0.29, 0.717) is 25.7 Å². The summed E-state index contributed by atoms with van der Waals surface area (Å²) in [6.45, 7) is 6.23. The lowest BCUT2D eigenvalue weighted by Crippen LogP contribution is -2.28. The molecule has 0 aromatic carbocycles. The predicted octanol–water partition coefficient (Wildman–Crippen LogP) is 3.68. The zero-order chi connectivity index (χ0) is 20.4. The van der Waals surface area contributed by atoms with E-state index in [-0.39, 0.29) is 23.7 Å². The van der Waals surface area contributed by atoms with Gasteiger partial charge in [0.15, 0.2) is 0 Å².